The minimum atomic E-state index is -1.22. The highest BCUT2D eigenvalue weighted by Crippen LogP contribution is 2.37. The molecule has 0 aromatic heterocycles. The van der Waals surface area contributed by atoms with Crippen LogP contribution in [0.5, 0.6) is 0 Å². The Bertz CT molecular complexity index is 102. The molecule has 0 amide bonds. The van der Waals surface area contributed by atoms with Crippen molar-refractivity contribution in [2.45, 2.75) is 42.2 Å². The Labute approximate surface area is 74.2 Å². The molecule has 0 rings (SSSR count). The van der Waals surface area contributed by atoms with E-state index >= 15 is 0 Å². The predicted molar refractivity (Wildman–Crippen MR) is 62.3 cm³/mol. The third-order valence-electron chi connectivity index (χ3n) is 0.496. The molecule has 0 atom stereocenters. The van der Waals surface area contributed by atoms with Gasteiger partial charge in [-0.2, -0.15) is 0 Å². The Morgan fingerprint density at radius 3 is 1.36 bits per heavy atom. The van der Waals surface area contributed by atoms with E-state index in [-0.39, 0.29) is 22.3 Å². The van der Waals surface area contributed by atoms with Crippen LogP contribution < -0.4 is 0 Å². The van der Waals surface area contributed by atoms with Crippen LogP contribution in [-0.2, 0) is 4.52 Å². The summed E-state index contributed by atoms with van der Waals surface area (Å²) in [6, 6.07) is 0. The molecule has 2 heteroatoms. The maximum Gasteiger partial charge on any atom is 0.0559 e. The molecule has 0 fully saturated rings. The molecule has 0 aliphatic rings. The molecule has 0 heterocycles. The van der Waals surface area contributed by atoms with E-state index in [1.807, 2.05) is 13.8 Å². The van der Waals surface area contributed by atoms with Gasteiger partial charge in [0.25, 0.3) is 0 Å². The zero-order chi connectivity index (χ0) is 6.78. The van der Waals surface area contributed by atoms with Gasteiger partial charge in [-0.1, -0.05) is 28.6 Å². The van der Waals surface area contributed by atoms with Gasteiger partial charge in [-0.15, -0.1) is 0 Å². The molecule has 0 spiro atoms. The topological polar surface area (TPSA) is 9.23 Å². The van der Waals surface area contributed by atoms with Crippen LogP contribution >= 0.6 is 7.11 Å². The molecule has 0 aromatic rings. The van der Waals surface area contributed by atoms with Crippen molar-refractivity contribution < 1.29 is 4.52 Å². The van der Waals surface area contributed by atoms with Gasteiger partial charge >= 0.3 is 0 Å². The molecule has 0 radical (unpaired) electrons. The number of hydrogen-bond donors (Lipinski definition) is 0. The first-order valence-corrected chi connectivity index (χ1v) is 5.57. The molecule has 0 aliphatic carbocycles. The van der Waals surface area contributed by atoms with Gasteiger partial charge in [-0.05, 0) is 34.3 Å². The SMILES string of the molecule is C.C.C.C=P(C)(C)OC(C)C. The second kappa shape index (κ2) is 8.36. The summed E-state index contributed by atoms with van der Waals surface area (Å²) in [6.07, 6.45) is 4.23. The Morgan fingerprint density at radius 1 is 1.09 bits per heavy atom. The Hall–Kier alpha value is 0.260. The van der Waals surface area contributed by atoms with Crippen molar-refractivity contribution in [1.29, 1.82) is 0 Å². The molecule has 0 unspecified atom stereocenters. The molecule has 11 heavy (non-hydrogen) atoms. The summed E-state index contributed by atoms with van der Waals surface area (Å²) >= 11 is 0. The Kier molecular flexibility index (Phi) is 17.1. The smallest absolute Gasteiger partial charge is 0.0559 e. The quantitative estimate of drug-likeness (QED) is 0.588. The van der Waals surface area contributed by atoms with Crippen LogP contribution in [0.3, 0.4) is 0 Å². The largest absolute Gasteiger partial charge is 0.360 e. The maximum atomic E-state index is 5.44. The Morgan fingerprint density at radius 2 is 1.36 bits per heavy atom. The molecule has 0 N–H and O–H groups in total. The van der Waals surface area contributed by atoms with Crippen molar-refractivity contribution in [3.05, 3.63) is 0 Å². The average Bonchev–Trinajstić information content (AvgIpc) is 1.21. The summed E-state index contributed by atoms with van der Waals surface area (Å²) in [5.41, 5.74) is 0. The van der Waals surface area contributed by atoms with Gasteiger partial charge in [-0.25, -0.2) is 0 Å². The molecule has 74 valence electrons. The maximum absolute atomic E-state index is 5.44. The fraction of sp³-hybridized carbons (Fsp3) is 0.889. The van der Waals surface area contributed by atoms with Crippen LogP contribution in [0.4, 0.5) is 0 Å². The van der Waals surface area contributed by atoms with Crippen LogP contribution in [-0.4, -0.2) is 25.7 Å². The van der Waals surface area contributed by atoms with Gasteiger partial charge in [0.1, 0.15) is 0 Å². The molecule has 0 saturated heterocycles. The van der Waals surface area contributed by atoms with Gasteiger partial charge in [0.15, 0.2) is 0 Å². The van der Waals surface area contributed by atoms with Crippen molar-refractivity contribution in [2.75, 3.05) is 13.3 Å². The van der Waals surface area contributed by atoms with Gasteiger partial charge in [0.05, 0.1) is 6.10 Å². The van der Waals surface area contributed by atoms with Crippen molar-refractivity contribution >= 4 is 13.4 Å². The van der Waals surface area contributed by atoms with E-state index in [0.717, 1.165) is 0 Å². The van der Waals surface area contributed by atoms with E-state index in [4.69, 9.17) is 4.52 Å². The third kappa shape index (κ3) is 25.3. The minimum Gasteiger partial charge on any atom is -0.360 e. The average molecular weight is 182 g/mol. The first-order chi connectivity index (χ1) is 3.42. The van der Waals surface area contributed by atoms with E-state index in [2.05, 4.69) is 19.6 Å². The van der Waals surface area contributed by atoms with Crippen molar-refractivity contribution in [3.63, 3.8) is 0 Å². The van der Waals surface area contributed by atoms with E-state index in [9.17, 15) is 0 Å². The van der Waals surface area contributed by atoms with E-state index in [0.29, 0.717) is 6.10 Å². The summed E-state index contributed by atoms with van der Waals surface area (Å²) in [5, 5.41) is 0. The minimum absolute atomic E-state index is 0. The molecule has 1 nitrogen and oxygen atoms in total. The predicted octanol–water partition coefficient (Wildman–Crippen LogP) is 3.94. The monoisotopic (exact) mass is 182 g/mol. The van der Waals surface area contributed by atoms with Crippen molar-refractivity contribution in [2.24, 2.45) is 0 Å². The van der Waals surface area contributed by atoms with Crippen LogP contribution in [0.1, 0.15) is 36.1 Å². The summed E-state index contributed by atoms with van der Waals surface area (Å²) in [4.78, 5) is 0. The fourth-order valence-electron chi connectivity index (χ4n) is 0.571. The van der Waals surface area contributed by atoms with Gasteiger partial charge in [0.2, 0.25) is 0 Å². The highest BCUT2D eigenvalue weighted by atomic mass is 31.2. The Balaban J connectivity index is -0.0000000817. The third-order valence-corrected chi connectivity index (χ3v) is 1.49. The van der Waals surface area contributed by atoms with Crippen LogP contribution in [0.2, 0.25) is 0 Å². The lowest BCUT2D eigenvalue weighted by molar-refractivity contribution is 0.272. The van der Waals surface area contributed by atoms with Gasteiger partial charge in [-0.3, -0.25) is 0 Å². The summed E-state index contributed by atoms with van der Waals surface area (Å²) in [6.45, 7) is 8.19. The second-order valence-corrected chi connectivity index (χ2v) is 6.09. The van der Waals surface area contributed by atoms with Crippen LogP contribution in [0.25, 0.3) is 0 Å². The number of rotatable bonds is 2. The highest BCUT2D eigenvalue weighted by Gasteiger charge is 2.00. The zero-order valence-corrected chi connectivity index (χ0v) is 7.03. The van der Waals surface area contributed by atoms with E-state index < -0.39 is 7.11 Å². The second-order valence-electron chi connectivity index (χ2n) is 2.73. The first-order valence-electron chi connectivity index (χ1n) is 2.78. The molecule has 0 bridgehead atoms. The lowest BCUT2D eigenvalue weighted by Gasteiger charge is -2.16. The molecular formula is C9H27OP. The molecular weight excluding hydrogens is 155 g/mol. The lowest BCUT2D eigenvalue weighted by atomic mass is 10.5. The van der Waals surface area contributed by atoms with Crippen LogP contribution in [0, 0.1) is 0 Å². The van der Waals surface area contributed by atoms with E-state index in [1.165, 1.54) is 0 Å². The fourth-order valence-corrected chi connectivity index (χ4v) is 1.71. The summed E-state index contributed by atoms with van der Waals surface area (Å²) < 4.78 is 5.44. The first kappa shape index (κ1) is 22.5. The highest BCUT2D eigenvalue weighted by molar-refractivity contribution is 7.67. The molecule has 0 aromatic carbocycles. The van der Waals surface area contributed by atoms with Crippen LogP contribution in [0.15, 0.2) is 0 Å². The molecule has 0 aliphatic heterocycles. The van der Waals surface area contributed by atoms with Gasteiger partial charge in [0, 0.05) is 0 Å². The zero-order valence-electron chi connectivity index (χ0n) is 6.14. The van der Waals surface area contributed by atoms with E-state index in [1.54, 1.807) is 0 Å². The summed E-state index contributed by atoms with van der Waals surface area (Å²) in [5.74, 6) is 0. The normalized spacial score (nSPS) is 9.18. The number of hydrogen-bond acceptors (Lipinski definition) is 1. The van der Waals surface area contributed by atoms with Crippen molar-refractivity contribution in [3.8, 4) is 0 Å². The summed E-state index contributed by atoms with van der Waals surface area (Å²) in [7, 11) is -1.22. The lowest BCUT2D eigenvalue weighted by Crippen LogP contribution is -1.98. The molecule has 0 saturated carbocycles. The standard InChI is InChI=1S/C6H15OP.3CH4/c1-6(2)7-8(3,4)5;;;/h6H,3H2,1-2,4-5H3;3*1H4. The van der Waals surface area contributed by atoms with Gasteiger partial charge < -0.3 is 4.52 Å². The van der Waals surface area contributed by atoms with Crippen molar-refractivity contribution in [1.82, 2.24) is 0 Å².